The summed E-state index contributed by atoms with van der Waals surface area (Å²) in [5.41, 5.74) is -0.325. The van der Waals surface area contributed by atoms with Crippen LogP contribution < -0.4 is 9.62 Å². The second kappa shape index (κ2) is 14.5. The molecule has 236 valence electrons. The van der Waals surface area contributed by atoms with Gasteiger partial charge in [0.15, 0.2) is 0 Å². The van der Waals surface area contributed by atoms with Crippen molar-refractivity contribution < 1.29 is 31.2 Å². The normalized spacial score (nSPS) is 12.3. The Morgan fingerprint density at radius 1 is 0.889 bits per heavy atom. The van der Waals surface area contributed by atoms with E-state index in [2.05, 4.69) is 21.2 Å². The largest absolute Gasteiger partial charge is 0.417 e. The maximum Gasteiger partial charge on any atom is 0.417 e. The van der Waals surface area contributed by atoms with Gasteiger partial charge in [-0.1, -0.05) is 88.2 Å². The molecule has 0 aliphatic rings. The number of anilines is 1. The number of carbonyl (C=O) groups is 2. The van der Waals surface area contributed by atoms with E-state index in [1.165, 1.54) is 36.2 Å². The molecular formula is C32H28BrClF3N3O4S. The van der Waals surface area contributed by atoms with Crippen LogP contribution in [0.2, 0.25) is 5.02 Å². The summed E-state index contributed by atoms with van der Waals surface area (Å²) in [5.74, 6) is -1.33. The quantitative estimate of drug-likeness (QED) is 0.187. The van der Waals surface area contributed by atoms with Crippen molar-refractivity contribution in [2.45, 2.75) is 30.1 Å². The highest BCUT2D eigenvalue weighted by Crippen LogP contribution is 2.38. The number of alkyl halides is 3. The molecule has 0 spiro atoms. The van der Waals surface area contributed by atoms with E-state index in [0.29, 0.717) is 20.4 Å². The van der Waals surface area contributed by atoms with Crippen LogP contribution >= 0.6 is 27.5 Å². The van der Waals surface area contributed by atoms with E-state index in [0.717, 1.165) is 17.7 Å². The van der Waals surface area contributed by atoms with Crippen LogP contribution in [0, 0.1) is 0 Å². The summed E-state index contributed by atoms with van der Waals surface area (Å²) < 4.78 is 70.7. The molecule has 7 nitrogen and oxygen atoms in total. The molecule has 2 amide bonds. The second-order valence-corrected chi connectivity index (χ2v) is 13.1. The molecule has 0 radical (unpaired) electrons. The van der Waals surface area contributed by atoms with E-state index in [1.807, 2.05) is 0 Å². The van der Waals surface area contributed by atoms with Crippen molar-refractivity contribution in [3.63, 3.8) is 0 Å². The summed E-state index contributed by atoms with van der Waals surface area (Å²) in [6, 6.07) is 24.5. The maximum absolute atomic E-state index is 14.3. The van der Waals surface area contributed by atoms with Crippen LogP contribution in [0.1, 0.15) is 16.7 Å². The number of likely N-dealkylation sites (N-methyl/N-ethyl adjacent to an activating group) is 1. The average Bonchev–Trinajstić information content (AvgIpc) is 3.01. The highest BCUT2D eigenvalue weighted by atomic mass is 79.9. The average molecular weight is 723 g/mol. The zero-order chi connectivity index (χ0) is 32.8. The summed E-state index contributed by atoms with van der Waals surface area (Å²) in [7, 11) is -3.16. The van der Waals surface area contributed by atoms with E-state index in [-0.39, 0.29) is 17.9 Å². The van der Waals surface area contributed by atoms with Gasteiger partial charge in [0.25, 0.3) is 10.0 Å². The third-order valence-electron chi connectivity index (χ3n) is 6.91. The lowest BCUT2D eigenvalue weighted by atomic mass is 10.0. The number of hydrogen-bond donors (Lipinski definition) is 1. The summed E-state index contributed by atoms with van der Waals surface area (Å²) in [5, 5.41) is 1.94. The molecular weight excluding hydrogens is 695 g/mol. The second-order valence-electron chi connectivity index (χ2n) is 9.96. The zero-order valence-electron chi connectivity index (χ0n) is 23.8. The van der Waals surface area contributed by atoms with Crippen molar-refractivity contribution in [1.82, 2.24) is 10.2 Å². The number of halogens is 5. The van der Waals surface area contributed by atoms with Crippen molar-refractivity contribution in [3.05, 3.63) is 129 Å². The lowest BCUT2D eigenvalue weighted by molar-refractivity contribution is -0.139. The Kier molecular flexibility index (Phi) is 10.9. The minimum atomic E-state index is -4.90. The van der Waals surface area contributed by atoms with Crippen LogP contribution in [0.5, 0.6) is 0 Å². The molecule has 0 fully saturated rings. The molecule has 4 aromatic carbocycles. The Labute approximate surface area is 272 Å². The van der Waals surface area contributed by atoms with Crippen molar-refractivity contribution in [2.75, 3.05) is 17.9 Å². The van der Waals surface area contributed by atoms with E-state index < -0.39 is 56.9 Å². The van der Waals surface area contributed by atoms with Crippen LogP contribution in [0.15, 0.2) is 112 Å². The maximum atomic E-state index is 14.3. The van der Waals surface area contributed by atoms with Crippen molar-refractivity contribution in [3.8, 4) is 0 Å². The fraction of sp³-hybridized carbons (Fsp3) is 0.188. The van der Waals surface area contributed by atoms with Gasteiger partial charge in [0, 0.05) is 24.5 Å². The van der Waals surface area contributed by atoms with Crippen molar-refractivity contribution in [2.24, 2.45) is 0 Å². The van der Waals surface area contributed by atoms with Gasteiger partial charge in [0.2, 0.25) is 11.8 Å². The third-order valence-corrected chi connectivity index (χ3v) is 9.52. The summed E-state index contributed by atoms with van der Waals surface area (Å²) in [4.78, 5) is 28.6. The lowest BCUT2D eigenvalue weighted by Gasteiger charge is -2.33. The van der Waals surface area contributed by atoms with Gasteiger partial charge < -0.3 is 10.2 Å². The van der Waals surface area contributed by atoms with Gasteiger partial charge in [-0.15, -0.1) is 0 Å². The van der Waals surface area contributed by atoms with Gasteiger partial charge in [-0.25, -0.2) is 8.42 Å². The Morgan fingerprint density at radius 2 is 1.51 bits per heavy atom. The molecule has 4 rings (SSSR count). The number of carbonyl (C=O) groups excluding carboxylic acids is 2. The zero-order valence-corrected chi connectivity index (χ0v) is 27.0. The Hall–Kier alpha value is -3.87. The molecule has 0 heterocycles. The number of amides is 2. The third kappa shape index (κ3) is 8.44. The molecule has 13 heteroatoms. The molecule has 4 aromatic rings. The van der Waals surface area contributed by atoms with Gasteiger partial charge in [0.1, 0.15) is 12.6 Å². The van der Waals surface area contributed by atoms with E-state index in [9.17, 15) is 31.2 Å². The standard InChI is InChI=1S/C32H28BrClF3N3O4S/c1-38-31(42)29(18-22-9-4-2-5-10-22)39(20-23-11-8-12-24(33)17-23)30(41)21-40(45(43,44)26-13-6-3-7-14-26)25-15-16-28(34)27(19-25)32(35,36)37/h2-17,19,29H,18,20-21H2,1H3,(H,38,42). The first-order chi connectivity index (χ1) is 21.3. The monoisotopic (exact) mass is 721 g/mol. The number of hydrogen-bond acceptors (Lipinski definition) is 4. The van der Waals surface area contributed by atoms with Crippen molar-refractivity contribution in [1.29, 1.82) is 0 Å². The van der Waals surface area contributed by atoms with Gasteiger partial charge in [0.05, 0.1) is 21.2 Å². The Bertz CT molecular complexity index is 1760. The number of nitrogens with one attached hydrogen (secondary N) is 1. The smallest absolute Gasteiger partial charge is 0.357 e. The number of sulfonamides is 1. The fourth-order valence-corrected chi connectivity index (χ4v) is 6.79. The first-order valence-electron chi connectivity index (χ1n) is 13.5. The number of rotatable bonds is 11. The topological polar surface area (TPSA) is 86.8 Å². The minimum Gasteiger partial charge on any atom is -0.357 e. The molecule has 0 aliphatic heterocycles. The molecule has 0 saturated heterocycles. The Balaban J connectivity index is 1.84. The predicted molar refractivity (Wildman–Crippen MR) is 170 cm³/mol. The Morgan fingerprint density at radius 3 is 2.11 bits per heavy atom. The highest BCUT2D eigenvalue weighted by Gasteiger charge is 2.37. The van der Waals surface area contributed by atoms with Crippen LogP contribution in [0.3, 0.4) is 0 Å². The molecule has 0 bridgehead atoms. The van der Waals surface area contributed by atoms with E-state index >= 15 is 0 Å². The van der Waals surface area contributed by atoms with Gasteiger partial charge in [-0.05, 0) is 53.6 Å². The molecule has 45 heavy (non-hydrogen) atoms. The van der Waals surface area contributed by atoms with E-state index in [1.54, 1.807) is 60.7 Å². The van der Waals surface area contributed by atoms with Crippen molar-refractivity contribution >= 4 is 55.1 Å². The van der Waals surface area contributed by atoms with Gasteiger partial charge in [-0.2, -0.15) is 13.2 Å². The summed E-state index contributed by atoms with van der Waals surface area (Å²) in [6.45, 7) is -1.01. The van der Waals surface area contributed by atoms with Gasteiger partial charge in [-0.3, -0.25) is 13.9 Å². The first-order valence-corrected chi connectivity index (χ1v) is 16.2. The van der Waals surface area contributed by atoms with Crippen LogP contribution in [-0.2, 0) is 38.8 Å². The molecule has 1 unspecified atom stereocenters. The highest BCUT2D eigenvalue weighted by molar-refractivity contribution is 9.10. The number of benzene rings is 4. The molecule has 1 N–H and O–H groups in total. The molecule has 0 saturated carbocycles. The van der Waals surface area contributed by atoms with Crippen LogP contribution in [-0.4, -0.2) is 44.8 Å². The first kappa shape index (κ1) is 34.0. The van der Waals surface area contributed by atoms with Crippen LogP contribution in [0.4, 0.5) is 18.9 Å². The SMILES string of the molecule is CNC(=O)C(Cc1ccccc1)N(Cc1cccc(Br)c1)C(=O)CN(c1ccc(Cl)c(C(F)(F)F)c1)S(=O)(=O)c1ccccc1. The molecule has 1 atom stereocenters. The van der Waals surface area contributed by atoms with E-state index in [4.69, 9.17) is 11.6 Å². The molecule has 0 aromatic heterocycles. The number of nitrogens with zero attached hydrogens (tertiary/aromatic N) is 2. The predicted octanol–water partition coefficient (Wildman–Crippen LogP) is 6.70. The fourth-order valence-electron chi connectivity index (χ4n) is 4.69. The molecule has 0 aliphatic carbocycles. The summed E-state index contributed by atoms with van der Waals surface area (Å²) >= 11 is 9.23. The van der Waals surface area contributed by atoms with Gasteiger partial charge >= 0.3 is 6.18 Å². The summed E-state index contributed by atoms with van der Waals surface area (Å²) in [6.07, 6.45) is -4.81. The lowest BCUT2D eigenvalue weighted by Crippen LogP contribution is -2.53. The van der Waals surface area contributed by atoms with Crippen LogP contribution in [0.25, 0.3) is 0 Å². The minimum absolute atomic E-state index is 0.0882.